The molecule has 1 aromatic heterocycles. The van der Waals surface area contributed by atoms with E-state index < -0.39 is 0 Å². The van der Waals surface area contributed by atoms with Crippen molar-refractivity contribution in [1.82, 2.24) is 4.98 Å². The first-order valence-corrected chi connectivity index (χ1v) is 6.37. The summed E-state index contributed by atoms with van der Waals surface area (Å²) in [4.78, 5) is 4.15. The normalized spacial score (nSPS) is 10.2. The second-order valence-corrected chi connectivity index (χ2v) is 4.38. The zero-order valence-electron chi connectivity index (χ0n) is 10.6. The maximum atomic E-state index is 9.69. The highest BCUT2D eigenvalue weighted by Crippen LogP contribution is 2.22. The number of phenolic OH excluding ortho intramolecular Hbond substituents is 1. The maximum Gasteiger partial charge on any atom is 0.213 e. The lowest BCUT2D eigenvalue weighted by atomic mass is 10.2. The first-order valence-electron chi connectivity index (χ1n) is 5.99. The van der Waals surface area contributed by atoms with Gasteiger partial charge in [0, 0.05) is 23.2 Å². The molecule has 0 saturated carbocycles. The fourth-order valence-electron chi connectivity index (χ4n) is 1.61. The highest BCUT2D eigenvalue weighted by Gasteiger charge is 2.02. The van der Waals surface area contributed by atoms with Gasteiger partial charge in [-0.15, -0.1) is 0 Å². The quantitative estimate of drug-likeness (QED) is 0.879. The number of aromatic nitrogens is 1. The molecule has 2 N–H and O–H groups in total. The molecule has 0 aliphatic rings. The molecule has 0 unspecified atom stereocenters. The number of rotatable bonds is 5. The van der Waals surface area contributed by atoms with Crippen molar-refractivity contribution in [2.45, 2.75) is 13.5 Å². The second kappa shape index (κ2) is 6.29. The number of nitrogens with one attached hydrogen (secondary N) is 1. The molecule has 1 aromatic carbocycles. The number of anilines is 1. The van der Waals surface area contributed by atoms with Crippen LogP contribution in [0.3, 0.4) is 0 Å². The van der Waals surface area contributed by atoms with E-state index in [1.807, 2.05) is 13.0 Å². The van der Waals surface area contributed by atoms with Gasteiger partial charge in [-0.3, -0.25) is 0 Å². The Bertz CT molecular complexity index is 544. The van der Waals surface area contributed by atoms with Gasteiger partial charge in [0.15, 0.2) is 0 Å². The zero-order valence-corrected chi connectivity index (χ0v) is 11.3. The molecule has 5 heteroatoms. The molecule has 100 valence electrons. The van der Waals surface area contributed by atoms with E-state index in [4.69, 9.17) is 16.3 Å². The van der Waals surface area contributed by atoms with Crippen LogP contribution in [0.5, 0.6) is 11.6 Å². The van der Waals surface area contributed by atoms with Crippen LogP contribution in [-0.2, 0) is 6.54 Å². The maximum absolute atomic E-state index is 9.69. The Balaban J connectivity index is 2.00. The fraction of sp³-hybridized carbons (Fsp3) is 0.214. The molecule has 0 atom stereocenters. The van der Waals surface area contributed by atoms with Gasteiger partial charge in [0.1, 0.15) is 5.75 Å². The highest BCUT2D eigenvalue weighted by atomic mass is 35.5. The van der Waals surface area contributed by atoms with Crippen LogP contribution in [0.15, 0.2) is 36.5 Å². The molecule has 0 radical (unpaired) electrons. The van der Waals surface area contributed by atoms with Crippen molar-refractivity contribution in [1.29, 1.82) is 0 Å². The molecule has 2 rings (SSSR count). The van der Waals surface area contributed by atoms with Crippen molar-refractivity contribution >= 4 is 17.3 Å². The molecular formula is C14H15ClN2O2. The van der Waals surface area contributed by atoms with Crippen LogP contribution in [0.2, 0.25) is 5.02 Å². The van der Waals surface area contributed by atoms with E-state index in [0.29, 0.717) is 24.1 Å². The molecule has 0 spiro atoms. The molecular weight excluding hydrogens is 264 g/mol. The summed E-state index contributed by atoms with van der Waals surface area (Å²) in [6, 6.07) is 8.63. The largest absolute Gasteiger partial charge is 0.508 e. The average molecular weight is 279 g/mol. The van der Waals surface area contributed by atoms with Gasteiger partial charge in [-0.25, -0.2) is 4.98 Å². The van der Waals surface area contributed by atoms with Crippen LogP contribution in [0.4, 0.5) is 5.69 Å². The van der Waals surface area contributed by atoms with E-state index >= 15 is 0 Å². The number of pyridine rings is 1. The zero-order chi connectivity index (χ0) is 13.7. The van der Waals surface area contributed by atoms with E-state index in [1.54, 1.807) is 30.5 Å². The van der Waals surface area contributed by atoms with Crippen LogP contribution < -0.4 is 10.1 Å². The van der Waals surface area contributed by atoms with Gasteiger partial charge in [-0.1, -0.05) is 11.6 Å². The van der Waals surface area contributed by atoms with Crippen molar-refractivity contribution in [3.05, 3.63) is 47.1 Å². The van der Waals surface area contributed by atoms with Crippen LogP contribution in [-0.4, -0.2) is 16.7 Å². The lowest BCUT2D eigenvalue weighted by molar-refractivity contribution is 0.327. The average Bonchev–Trinajstić information content (AvgIpc) is 2.42. The SMILES string of the molecule is CCOc1ccc(NCc2cc(Cl)ccc2O)cn1. The van der Waals surface area contributed by atoms with Crippen molar-refractivity contribution in [2.75, 3.05) is 11.9 Å². The van der Waals surface area contributed by atoms with E-state index in [0.717, 1.165) is 11.3 Å². The van der Waals surface area contributed by atoms with Gasteiger partial charge < -0.3 is 15.2 Å². The van der Waals surface area contributed by atoms with Crippen molar-refractivity contribution in [3.63, 3.8) is 0 Å². The van der Waals surface area contributed by atoms with E-state index in [-0.39, 0.29) is 5.75 Å². The first kappa shape index (κ1) is 13.5. The minimum atomic E-state index is 0.218. The lowest BCUT2D eigenvalue weighted by Gasteiger charge is -2.09. The molecule has 19 heavy (non-hydrogen) atoms. The summed E-state index contributed by atoms with van der Waals surface area (Å²) in [6.07, 6.45) is 1.69. The molecule has 2 aromatic rings. The summed E-state index contributed by atoms with van der Waals surface area (Å²) in [7, 11) is 0. The number of ether oxygens (including phenoxy) is 1. The third kappa shape index (κ3) is 3.76. The van der Waals surface area contributed by atoms with Crippen molar-refractivity contribution in [2.24, 2.45) is 0 Å². The van der Waals surface area contributed by atoms with Crippen molar-refractivity contribution < 1.29 is 9.84 Å². The smallest absolute Gasteiger partial charge is 0.213 e. The number of benzene rings is 1. The van der Waals surface area contributed by atoms with Crippen LogP contribution in [0.1, 0.15) is 12.5 Å². The summed E-state index contributed by atoms with van der Waals surface area (Å²) >= 11 is 5.89. The topological polar surface area (TPSA) is 54.4 Å². The molecule has 1 heterocycles. The summed E-state index contributed by atoms with van der Waals surface area (Å²) in [5, 5.41) is 13.5. The van der Waals surface area contributed by atoms with Crippen LogP contribution in [0, 0.1) is 0 Å². The minimum absolute atomic E-state index is 0.218. The fourth-order valence-corrected chi connectivity index (χ4v) is 1.81. The standard InChI is InChI=1S/C14H15ClN2O2/c1-2-19-14-6-4-12(9-17-14)16-8-10-7-11(15)3-5-13(10)18/h3-7,9,16,18H,2,8H2,1H3. The predicted molar refractivity (Wildman–Crippen MR) is 75.8 cm³/mol. The highest BCUT2D eigenvalue weighted by molar-refractivity contribution is 6.30. The molecule has 0 bridgehead atoms. The first-order chi connectivity index (χ1) is 9.19. The van der Waals surface area contributed by atoms with E-state index in [1.165, 1.54) is 0 Å². The van der Waals surface area contributed by atoms with Gasteiger partial charge >= 0.3 is 0 Å². The number of nitrogens with zero attached hydrogens (tertiary/aromatic N) is 1. The van der Waals surface area contributed by atoms with E-state index in [2.05, 4.69) is 10.3 Å². The van der Waals surface area contributed by atoms with Gasteiger partial charge in [-0.2, -0.15) is 0 Å². The number of halogens is 1. The Labute approximate surface area is 117 Å². The summed E-state index contributed by atoms with van der Waals surface area (Å²) < 4.78 is 5.26. The van der Waals surface area contributed by atoms with Gasteiger partial charge in [-0.05, 0) is 31.2 Å². The molecule has 0 saturated heterocycles. The Morgan fingerprint density at radius 2 is 2.16 bits per heavy atom. The number of hydrogen-bond acceptors (Lipinski definition) is 4. The lowest BCUT2D eigenvalue weighted by Crippen LogP contribution is -2.01. The van der Waals surface area contributed by atoms with Gasteiger partial charge in [0.25, 0.3) is 0 Å². The Kier molecular flexibility index (Phi) is 4.47. The molecule has 4 nitrogen and oxygen atoms in total. The molecule has 0 amide bonds. The van der Waals surface area contributed by atoms with Gasteiger partial charge in [0.2, 0.25) is 5.88 Å². The summed E-state index contributed by atoms with van der Waals surface area (Å²) in [5.41, 5.74) is 1.59. The molecule has 0 fully saturated rings. The van der Waals surface area contributed by atoms with E-state index in [9.17, 15) is 5.11 Å². The number of aromatic hydroxyl groups is 1. The number of hydrogen-bond donors (Lipinski definition) is 2. The Morgan fingerprint density at radius 3 is 2.84 bits per heavy atom. The Hall–Kier alpha value is -1.94. The van der Waals surface area contributed by atoms with Gasteiger partial charge in [0.05, 0.1) is 18.5 Å². The second-order valence-electron chi connectivity index (χ2n) is 3.94. The molecule has 0 aliphatic carbocycles. The Morgan fingerprint density at radius 1 is 1.32 bits per heavy atom. The van der Waals surface area contributed by atoms with Crippen LogP contribution >= 0.6 is 11.6 Å². The molecule has 0 aliphatic heterocycles. The third-order valence-electron chi connectivity index (χ3n) is 2.55. The van der Waals surface area contributed by atoms with Crippen LogP contribution in [0.25, 0.3) is 0 Å². The third-order valence-corrected chi connectivity index (χ3v) is 2.79. The predicted octanol–water partition coefficient (Wildman–Crippen LogP) is 3.45. The monoisotopic (exact) mass is 278 g/mol. The summed E-state index contributed by atoms with van der Waals surface area (Å²) in [6.45, 7) is 2.98. The number of phenols is 1. The minimum Gasteiger partial charge on any atom is -0.508 e. The van der Waals surface area contributed by atoms with Crippen molar-refractivity contribution in [3.8, 4) is 11.6 Å². The summed E-state index contributed by atoms with van der Waals surface area (Å²) in [5.74, 6) is 0.814.